The number of ether oxygens (including phenoxy) is 1. The van der Waals surface area contributed by atoms with Crippen LogP contribution in [0.4, 0.5) is 0 Å². The fraction of sp³-hybridized carbons (Fsp3) is 0.650. The third kappa shape index (κ3) is 5.09. The molecule has 3 heterocycles. The maximum absolute atomic E-state index is 12.5. The highest BCUT2D eigenvalue weighted by atomic mass is 32.1. The van der Waals surface area contributed by atoms with Crippen LogP contribution in [0.1, 0.15) is 42.8 Å². The monoisotopic (exact) mass is 392 g/mol. The molecule has 7 heteroatoms. The van der Waals surface area contributed by atoms with E-state index in [9.17, 15) is 14.4 Å². The molecule has 1 aromatic heterocycles. The number of carbonyl (C=O) groups excluding carboxylic acids is 3. The van der Waals surface area contributed by atoms with Crippen molar-refractivity contribution < 1.29 is 19.1 Å². The number of hydrogen-bond donors (Lipinski definition) is 0. The van der Waals surface area contributed by atoms with E-state index >= 15 is 0 Å². The topological polar surface area (TPSA) is 66.9 Å². The van der Waals surface area contributed by atoms with Crippen molar-refractivity contribution in [2.24, 2.45) is 17.8 Å². The van der Waals surface area contributed by atoms with E-state index in [4.69, 9.17) is 4.74 Å². The highest BCUT2D eigenvalue weighted by Crippen LogP contribution is 2.23. The van der Waals surface area contributed by atoms with Crippen LogP contribution in [0.25, 0.3) is 0 Å². The average molecular weight is 393 g/mol. The van der Waals surface area contributed by atoms with Gasteiger partial charge in [0.1, 0.15) is 0 Å². The standard InChI is InChI=1S/C20H28N2O4S/c1-14-9-15(2)11-22(10-14)18(23)13-26-20(25)16-5-3-7-21(12-16)19(24)17-6-4-8-27-17/h4,6,8,14-16H,3,5,7,9-13H2,1-2H3. The number of piperidine rings is 2. The maximum Gasteiger partial charge on any atom is 0.311 e. The van der Waals surface area contributed by atoms with Gasteiger partial charge in [0.25, 0.3) is 11.8 Å². The third-order valence-electron chi connectivity index (χ3n) is 5.33. The second kappa shape index (κ2) is 8.87. The molecule has 0 N–H and O–H groups in total. The highest BCUT2D eigenvalue weighted by molar-refractivity contribution is 7.12. The molecular weight excluding hydrogens is 364 g/mol. The fourth-order valence-corrected chi connectivity index (χ4v) is 4.81. The van der Waals surface area contributed by atoms with Gasteiger partial charge in [-0.1, -0.05) is 19.9 Å². The lowest BCUT2D eigenvalue weighted by Gasteiger charge is -2.35. The molecule has 2 saturated heterocycles. The first-order valence-electron chi connectivity index (χ1n) is 9.71. The minimum Gasteiger partial charge on any atom is -0.455 e. The average Bonchev–Trinajstić information content (AvgIpc) is 3.19. The Hall–Kier alpha value is -1.89. The molecule has 2 amide bonds. The van der Waals surface area contributed by atoms with Gasteiger partial charge in [-0.25, -0.2) is 0 Å². The van der Waals surface area contributed by atoms with Crippen LogP contribution in [0.3, 0.4) is 0 Å². The van der Waals surface area contributed by atoms with E-state index in [1.54, 1.807) is 15.9 Å². The molecular formula is C20H28N2O4S. The Morgan fingerprint density at radius 3 is 2.56 bits per heavy atom. The number of esters is 1. The molecule has 0 radical (unpaired) electrons. The lowest BCUT2D eigenvalue weighted by molar-refractivity contribution is -0.157. The maximum atomic E-state index is 12.5. The number of nitrogens with zero attached hydrogens (tertiary/aromatic N) is 2. The number of carbonyl (C=O) groups is 3. The van der Waals surface area contributed by atoms with E-state index < -0.39 is 0 Å². The Kier molecular flexibility index (Phi) is 6.52. The van der Waals surface area contributed by atoms with E-state index in [-0.39, 0.29) is 30.3 Å². The van der Waals surface area contributed by atoms with E-state index in [1.165, 1.54) is 11.3 Å². The first-order chi connectivity index (χ1) is 12.9. The summed E-state index contributed by atoms with van der Waals surface area (Å²) < 4.78 is 5.32. The van der Waals surface area contributed by atoms with Crippen LogP contribution in [0.5, 0.6) is 0 Å². The molecule has 2 aliphatic rings. The third-order valence-corrected chi connectivity index (χ3v) is 6.19. The molecule has 0 aliphatic carbocycles. The number of thiophene rings is 1. The van der Waals surface area contributed by atoms with Gasteiger partial charge in [-0.05, 0) is 42.5 Å². The second-order valence-electron chi connectivity index (χ2n) is 7.92. The molecule has 0 saturated carbocycles. The zero-order chi connectivity index (χ0) is 19.4. The van der Waals surface area contributed by atoms with Crippen LogP contribution in [0.15, 0.2) is 17.5 Å². The predicted octanol–water partition coefficient (Wildman–Crippen LogP) is 2.65. The van der Waals surface area contributed by atoms with Crippen molar-refractivity contribution in [1.29, 1.82) is 0 Å². The van der Waals surface area contributed by atoms with Crippen molar-refractivity contribution >= 4 is 29.1 Å². The first kappa shape index (κ1) is 19.9. The van der Waals surface area contributed by atoms with Gasteiger partial charge in [0.2, 0.25) is 0 Å². The Balaban J connectivity index is 1.49. The zero-order valence-electron chi connectivity index (χ0n) is 16.1. The Morgan fingerprint density at radius 1 is 1.15 bits per heavy atom. The summed E-state index contributed by atoms with van der Waals surface area (Å²) >= 11 is 1.41. The Morgan fingerprint density at radius 2 is 1.89 bits per heavy atom. The van der Waals surface area contributed by atoms with Gasteiger partial charge in [0, 0.05) is 26.2 Å². The minimum atomic E-state index is -0.370. The van der Waals surface area contributed by atoms with Crippen molar-refractivity contribution in [2.45, 2.75) is 33.1 Å². The highest BCUT2D eigenvalue weighted by Gasteiger charge is 2.31. The molecule has 27 heavy (non-hydrogen) atoms. The van der Waals surface area contributed by atoms with Crippen molar-refractivity contribution in [1.82, 2.24) is 9.80 Å². The first-order valence-corrected chi connectivity index (χ1v) is 10.6. The lowest BCUT2D eigenvalue weighted by atomic mass is 9.92. The van der Waals surface area contributed by atoms with Crippen molar-refractivity contribution in [3.63, 3.8) is 0 Å². The van der Waals surface area contributed by atoms with Crippen LogP contribution in [-0.2, 0) is 14.3 Å². The smallest absolute Gasteiger partial charge is 0.311 e. The molecule has 3 unspecified atom stereocenters. The van der Waals surface area contributed by atoms with Gasteiger partial charge in [-0.15, -0.1) is 11.3 Å². The van der Waals surface area contributed by atoms with Crippen molar-refractivity contribution in [2.75, 3.05) is 32.8 Å². The summed E-state index contributed by atoms with van der Waals surface area (Å²) in [6, 6.07) is 3.65. The van der Waals surface area contributed by atoms with Gasteiger partial charge in [-0.3, -0.25) is 14.4 Å². The Labute approximate surface area is 164 Å². The van der Waals surface area contributed by atoms with Crippen LogP contribution in [0.2, 0.25) is 0 Å². The minimum absolute atomic E-state index is 0.0325. The molecule has 2 fully saturated rings. The normalized spacial score (nSPS) is 25.9. The van der Waals surface area contributed by atoms with Gasteiger partial charge in [-0.2, -0.15) is 0 Å². The summed E-state index contributed by atoms with van der Waals surface area (Å²) in [6.45, 7) is 6.56. The molecule has 1 aromatic rings. The molecule has 148 valence electrons. The molecule has 2 aliphatic heterocycles. The van der Waals surface area contributed by atoms with E-state index in [0.717, 1.165) is 25.9 Å². The van der Waals surface area contributed by atoms with Gasteiger partial charge < -0.3 is 14.5 Å². The Bertz CT molecular complexity index is 666. The lowest BCUT2D eigenvalue weighted by Crippen LogP contribution is -2.45. The summed E-state index contributed by atoms with van der Waals surface area (Å²) in [6.07, 6.45) is 2.59. The fourth-order valence-electron chi connectivity index (χ4n) is 4.12. The SMILES string of the molecule is CC1CC(C)CN(C(=O)COC(=O)C2CCCN(C(=O)c3cccs3)C2)C1. The van der Waals surface area contributed by atoms with E-state index in [0.29, 0.717) is 36.2 Å². The summed E-state index contributed by atoms with van der Waals surface area (Å²) in [5.41, 5.74) is 0. The van der Waals surface area contributed by atoms with Gasteiger partial charge >= 0.3 is 5.97 Å². The van der Waals surface area contributed by atoms with Gasteiger partial charge in [0.05, 0.1) is 10.8 Å². The quantitative estimate of drug-likeness (QED) is 0.739. The van der Waals surface area contributed by atoms with Crippen LogP contribution >= 0.6 is 11.3 Å². The van der Waals surface area contributed by atoms with Gasteiger partial charge in [0.15, 0.2) is 6.61 Å². The van der Waals surface area contributed by atoms with Crippen molar-refractivity contribution in [3.8, 4) is 0 Å². The summed E-state index contributed by atoms with van der Waals surface area (Å²) in [4.78, 5) is 41.5. The molecule has 3 rings (SSSR count). The van der Waals surface area contributed by atoms with Crippen molar-refractivity contribution in [3.05, 3.63) is 22.4 Å². The summed E-state index contributed by atoms with van der Waals surface area (Å²) in [7, 11) is 0. The van der Waals surface area contributed by atoms with Crippen LogP contribution in [-0.4, -0.2) is 60.4 Å². The number of amides is 2. The molecule has 0 bridgehead atoms. The summed E-state index contributed by atoms with van der Waals surface area (Å²) in [5.74, 6) is 0.0749. The van der Waals surface area contributed by atoms with E-state index in [1.807, 2.05) is 11.4 Å². The molecule has 0 aromatic carbocycles. The number of likely N-dealkylation sites (tertiary alicyclic amines) is 2. The number of rotatable bonds is 4. The zero-order valence-corrected chi connectivity index (χ0v) is 16.9. The molecule has 6 nitrogen and oxygen atoms in total. The molecule has 0 spiro atoms. The molecule has 3 atom stereocenters. The van der Waals surface area contributed by atoms with Crippen LogP contribution < -0.4 is 0 Å². The van der Waals surface area contributed by atoms with E-state index in [2.05, 4.69) is 13.8 Å². The number of hydrogen-bond acceptors (Lipinski definition) is 5. The predicted molar refractivity (Wildman–Crippen MR) is 103 cm³/mol. The van der Waals surface area contributed by atoms with Crippen LogP contribution in [0, 0.1) is 17.8 Å². The largest absolute Gasteiger partial charge is 0.455 e. The summed E-state index contributed by atoms with van der Waals surface area (Å²) in [5, 5.41) is 1.87. The second-order valence-corrected chi connectivity index (χ2v) is 8.87.